The van der Waals surface area contributed by atoms with Crippen LogP contribution in [-0.4, -0.2) is 92.9 Å². The lowest BCUT2D eigenvalue weighted by Crippen LogP contribution is -2.57. The van der Waals surface area contributed by atoms with Gasteiger partial charge in [0.05, 0.1) is 17.9 Å². The van der Waals surface area contributed by atoms with E-state index in [0.29, 0.717) is 50.7 Å². The zero-order valence-electron chi connectivity index (χ0n) is 31.0. The van der Waals surface area contributed by atoms with Crippen LogP contribution in [0.3, 0.4) is 0 Å². The molecule has 8 atom stereocenters. The molecule has 4 fully saturated rings. The highest BCUT2D eigenvalue weighted by Crippen LogP contribution is 2.36. The van der Waals surface area contributed by atoms with E-state index in [4.69, 9.17) is 4.74 Å². The number of esters is 1. The Labute approximate surface area is 322 Å². The summed E-state index contributed by atoms with van der Waals surface area (Å²) in [6.45, 7) is 2.11. The molecule has 4 saturated heterocycles. The maximum Gasteiger partial charge on any atom is 0.328 e. The van der Waals surface area contributed by atoms with E-state index in [1.165, 1.54) is 7.11 Å². The van der Waals surface area contributed by atoms with Gasteiger partial charge in [-0.2, -0.15) is 0 Å². The van der Waals surface area contributed by atoms with Crippen LogP contribution in [0.1, 0.15) is 82.3 Å². The second-order valence-electron chi connectivity index (χ2n) is 14.9. The number of hydrogen-bond acceptors (Lipinski definition) is 8. The normalized spacial score (nSPS) is 27.3. The van der Waals surface area contributed by atoms with E-state index >= 15 is 0 Å². The number of methoxy groups -OCH3 is 1. The van der Waals surface area contributed by atoms with E-state index < -0.39 is 35.9 Å². The monoisotopic (exact) mass is 762 g/mol. The van der Waals surface area contributed by atoms with Crippen LogP contribution in [0.25, 0.3) is 0 Å². The first-order valence-corrected chi connectivity index (χ1v) is 21.5. The molecule has 2 N–H and O–H groups in total. The molecule has 4 aliphatic heterocycles. The molecule has 4 aliphatic rings. The van der Waals surface area contributed by atoms with Crippen molar-refractivity contribution in [3.8, 4) is 0 Å². The van der Waals surface area contributed by atoms with Crippen LogP contribution in [-0.2, 0) is 41.6 Å². The zero-order chi connectivity index (χ0) is 37.3. The minimum atomic E-state index is -0.757. The van der Waals surface area contributed by atoms with Crippen molar-refractivity contribution >= 4 is 53.1 Å². The number of carbonyl (C=O) groups excluding carboxylic acids is 5. The van der Waals surface area contributed by atoms with E-state index in [2.05, 4.69) is 17.6 Å². The van der Waals surface area contributed by atoms with E-state index in [-0.39, 0.29) is 40.4 Å². The van der Waals surface area contributed by atoms with Crippen LogP contribution in [0.5, 0.6) is 0 Å². The largest absolute Gasteiger partial charge is 0.467 e. The number of rotatable bonds is 12. The second-order valence-corrected chi connectivity index (χ2v) is 17.5. The zero-order valence-corrected chi connectivity index (χ0v) is 32.6. The van der Waals surface area contributed by atoms with Gasteiger partial charge < -0.3 is 25.2 Å². The molecule has 2 aromatic rings. The molecule has 0 radical (unpaired) electrons. The minimum Gasteiger partial charge on any atom is -0.467 e. The summed E-state index contributed by atoms with van der Waals surface area (Å²) in [7, 11) is 1.35. The quantitative estimate of drug-likeness (QED) is 0.278. The predicted molar refractivity (Wildman–Crippen MR) is 209 cm³/mol. The van der Waals surface area contributed by atoms with Crippen molar-refractivity contribution in [3.05, 3.63) is 71.8 Å². The van der Waals surface area contributed by atoms with Gasteiger partial charge in [0.2, 0.25) is 23.6 Å². The Balaban J connectivity index is 1.19. The van der Waals surface area contributed by atoms with Crippen LogP contribution < -0.4 is 10.6 Å². The van der Waals surface area contributed by atoms with Crippen molar-refractivity contribution < 1.29 is 28.7 Å². The van der Waals surface area contributed by atoms with Gasteiger partial charge in [0.1, 0.15) is 18.1 Å². The maximum atomic E-state index is 14.3. The number of hydrogen-bond donors (Lipinski definition) is 2. The Morgan fingerprint density at radius 2 is 1.17 bits per heavy atom. The molecule has 12 heteroatoms. The third-order valence-corrected chi connectivity index (χ3v) is 14.0. The van der Waals surface area contributed by atoms with Gasteiger partial charge in [-0.25, -0.2) is 4.79 Å². The molecular weight excluding hydrogens is 709 g/mol. The molecule has 0 bridgehead atoms. The Morgan fingerprint density at radius 1 is 0.698 bits per heavy atom. The lowest BCUT2D eigenvalue weighted by molar-refractivity contribution is -0.156. The topological polar surface area (TPSA) is 125 Å². The Hall–Kier alpha value is -3.51. The number of amides is 4. The lowest BCUT2D eigenvalue weighted by atomic mass is 9.86. The number of ether oxygens (including phenoxy) is 1. The van der Waals surface area contributed by atoms with E-state index in [1.54, 1.807) is 16.7 Å². The third-order valence-electron chi connectivity index (χ3n) is 11.3. The van der Waals surface area contributed by atoms with Crippen molar-refractivity contribution in [2.45, 2.75) is 119 Å². The number of carbonyl (C=O) groups is 5. The maximum absolute atomic E-state index is 14.3. The van der Waals surface area contributed by atoms with E-state index in [1.807, 2.05) is 77.3 Å². The second kappa shape index (κ2) is 18.7. The summed E-state index contributed by atoms with van der Waals surface area (Å²) in [6, 6.07) is 17.9. The highest BCUT2D eigenvalue weighted by Gasteiger charge is 2.44. The molecular formula is C41H54N4O6S2. The lowest BCUT2D eigenvalue weighted by Gasteiger charge is -2.40. The Kier molecular flexibility index (Phi) is 13.8. The number of nitrogens with one attached hydrogen (secondary N) is 2. The third kappa shape index (κ3) is 9.79. The van der Waals surface area contributed by atoms with Gasteiger partial charge in [-0.05, 0) is 107 Å². The molecule has 2 aromatic carbocycles. The predicted octanol–water partition coefficient (Wildman–Crippen LogP) is 5.34. The average molecular weight is 763 g/mol. The molecule has 286 valence electrons. The van der Waals surface area contributed by atoms with Crippen LogP contribution in [0.15, 0.2) is 60.7 Å². The molecule has 4 heterocycles. The summed E-state index contributed by atoms with van der Waals surface area (Å²) in [5, 5.41) is 6.32. The number of fused-ring (bicyclic) bond motifs is 2. The van der Waals surface area contributed by atoms with Gasteiger partial charge in [0, 0.05) is 17.9 Å². The number of piperidine rings is 2. The fourth-order valence-corrected chi connectivity index (χ4v) is 11.3. The first kappa shape index (κ1) is 39.2. The van der Waals surface area contributed by atoms with Crippen molar-refractivity contribution in [3.63, 3.8) is 0 Å². The van der Waals surface area contributed by atoms with Gasteiger partial charge in [0.25, 0.3) is 0 Å². The summed E-state index contributed by atoms with van der Waals surface area (Å²) < 4.78 is 5.07. The van der Waals surface area contributed by atoms with Crippen LogP contribution in [0, 0.1) is 11.8 Å². The smallest absolute Gasteiger partial charge is 0.328 e. The van der Waals surface area contributed by atoms with Gasteiger partial charge in [-0.3, -0.25) is 19.2 Å². The number of benzene rings is 2. The molecule has 6 rings (SSSR count). The van der Waals surface area contributed by atoms with Crippen LogP contribution in [0.4, 0.5) is 0 Å². The van der Waals surface area contributed by atoms with Crippen LogP contribution in [0.2, 0.25) is 0 Å². The van der Waals surface area contributed by atoms with Crippen molar-refractivity contribution in [1.29, 1.82) is 0 Å². The Morgan fingerprint density at radius 3 is 1.68 bits per heavy atom. The standard InChI is InChI=1S/C41H54N4O6S2/c1-27-11-9-17-35-44(27)39(48)32(21-23-52-35)42-37(46)30(25-28-12-5-3-6-13-28)19-20-31(26-29-14-7-4-8-15-29)38(47)43-33-22-24-53-36-18-10-16-34(41(50)51-2)45(36)40(33)49/h3-8,12-15,27,30-36H,9-11,16-26H2,1-2H3,(H,42,46)(H,43,47)/t27?,30?,31?,32?,33?,34?,35?,36-/m0/s1. The van der Waals surface area contributed by atoms with Gasteiger partial charge in [-0.15, -0.1) is 23.5 Å². The van der Waals surface area contributed by atoms with Gasteiger partial charge in [0.15, 0.2) is 0 Å². The fourth-order valence-electron chi connectivity index (χ4n) is 8.41. The first-order chi connectivity index (χ1) is 25.7. The molecule has 10 nitrogen and oxygen atoms in total. The SMILES string of the molecule is COC(=O)C1CCC[C@@H]2SCCC(NC(=O)C(CCC(Cc3ccccc3)C(=O)NC3CCSC4CCCC(C)N4C3=O)Cc3ccccc3)C(=O)N12. The van der Waals surface area contributed by atoms with E-state index in [0.717, 1.165) is 49.0 Å². The highest BCUT2D eigenvalue weighted by molar-refractivity contribution is 8.00. The van der Waals surface area contributed by atoms with Crippen LogP contribution >= 0.6 is 23.5 Å². The number of thioether (sulfide) groups is 2. The van der Waals surface area contributed by atoms with Crippen molar-refractivity contribution in [2.24, 2.45) is 11.8 Å². The van der Waals surface area contributed by atoms with Gasteiger partial charge in [-0.1, -0.05) is 60.7 Å². The summed E-state index contributed by atoms with van der Waals surface area (Å²) in [4.78, 5) is 72.8. The molecule has 0 saturated carbocycles. The summed E-state index contributed by atoms with van der Waals surface area (Å²) in [5.74, 6) is -0.526. The molecule has 0 spiro atoms. The van der Waals surface area contributed by atoms with Crippen molar-refractivity contribution in [2.75, 3.05) is 18.6 Å². The summed E-state index contributed by atoms with van der Waals surface area (Å²) >= 11 is 3.48. The van der Waals surface area contributed by atoms with Crippen molar-refractivity contribution in [1.82, 2.24) is 20.4 Å². The fraction of sp³-hybridized carbons (Fsp3) is 0.585. The molecule has 0 aromatic heterocycles. The minimum absolute atomic E-state index is 0.0111. The average Bonchev–Trinajstić information content (AvgIpc) is 3.43. The molecule has 7 unspecified atom stereocenters. The highest BCUT2D eigenvalue weighted by atomic mass is 32.2. The first-order valence-electron chi connectivity index (χ1n) is 19.4. The van der Waals surface area contributed by atoms with E-state index in [9.17, 15) is 24.0 Å². The summed E-state index contributed by atoms with van der Waals surface area (Å²) in [6.07, 6.45) is 8.08. The summed E-state index contributed by atoms with van der Waals surface area (Å²) in [5.41, 5.74) is 2.01. The Bertz CT molecular complexity index is 1580. The number of nitrogens with zero attached hydrogens (tertiary/aromatic N) is 2. The van der Waals surface area contributed by atoms with Gasteiger partial charge >= 0.3 is 5.97 Å². The molecule has 0 aliphatic carbocycles. The molecule has 4 amide bonds. The molecule has 53 heavy (non-hydrogen) atoms.